The number of pyridine rings is 1. The number of aryl methyl sites for hydroxylation is 1. The summed E-state index contributed by atoms with van der Waals surface area (Å²) in [5.74, 6) is -0.539. The Morgan fingerprint density at radius 1 is 1.14 bits per heavy atom. The highest BCUT2D eigenvalue weighted by atomic mass is 32.1. The van der Waals surface area contributed by atoms with Gasteiger partial charge in [-0.15, -0.1) is 11.3 Å². The van der Waals surface area contributed by atoms with Crippen LogP contribution in [-0.4, -0.2) is 10.9 Å². The van der Waals surface area contributed by atoms with Gasteiger partial charge in [-0.3, -0.25) is 4.79 Å². The summed E-state index contributed by atoms with van der Waals surface area (Å²) in [4.78, 5) is 16.7. The first kappa shape index (κ1) is 18.5. The zero-order valence-corrected chi connectivity index (χ0v) is 16.4. The Morgan fingerprint density at radius 3 is 2.45 bits per heavy atom. The van der Waals surface area contributed by atoms with Crippen LogP contribution in [0.4, 0.5) is 16.5 Å². The van der Waals surface area contributed by atoms with E-state index in [0.29, 0.717) is 20.8 Å². The fourth-order valence-corrected chi connectivity index (χ4v) is 4.43. The number of nitriles is 1. The number of nitrogens with one attached hydrogen (secondary N) is 1. The highest BCUT2D eigenvalue weighted by Crippen LogP contribution is 2.44. The van der Waals surface area contributed by atoms with Gasteiger partial charge in [0.25, 0.3) is 5.91 Å². The number of rotatable bonds is 4. The Bertz CT molecular complexity index is 1270. The number of carbonyl (C=O) groups excluding carboxylic acids is 1. The molecule has 0 saturated carbocycles. The smallest absolute Gasteiger partial charge is 0.253 e. The maximum Gasteiger partial charge on any atom is 0.253 e. The second kappa shape index (κ2) is 7.26. The number of carbonyl (C=O) groups is 1. The van der Waals surface area contributed by atoms with Gasteiger partial charge in [0.1, 0.15) is 28.0 Å². The largest absolute Gasteiger partial charge is 0.383 e. The average Bonchev–Trinajstić information content (AvgIpc) is 3.06. The van der Waals surface area contributed by atoms with Crippen LogP contribution in [0.15, 0.2) is 54.6 Å². The Hall–Kier alpha value is -3.89. The summed E-state index contributed by atoms with van der Waals surface area (Å²) < 4.78 is 0.686. The SMILES string of the molecule is Cc1ccc(Nc2sc3c(-c4ccccc4)c(C#N)c(N)nc3c2C(N)=O)cc1. The molecule has 0 aliphatic rings. The molecule has 0 atom stereocenters. The van der Waals surface area contributed by atoms with Gasteiger partial charge in [0.2, 0.25) is 0 Å². The van der Waals surface area contributed by atoms with E-state index in [0.717, 1.165) is 16.8 Å². The number of amides is 1. The van der Waals surface area contributed by atoms with Crippen molar-refractivity contribution in [1.82, 2.24) is 4.98 Å². The van der Waals surface area contributed by atoms with Crippen molar-refractivity contribution in [2.45, 2.75) is 6.92 Å². The number of hydrogen-bond donors (Lipinski definition) is 3. The van der Waals surface area contributed by atoms with Crippen molar-refractivity contribution in [2.75, 3.05) is 11.1 Å². The number of nitrogens with two attached hydrogens (primary N) is 2. The monoisotopic (exact) mass is 399 g/mol. The van der Waals surface area contributed by atoms with Crippen molar-refractivity contribution in [1.29, 1.82) is 5.26 Å². The van der Waals surface area contributed by atoms with E-state index in [1.807, 2.05) is 61.5 Å². The molecule has 0 saturated heterocycles. The van der Waals surface area contributed by atoms with Gasteiger partial charge in [0.15, 0.2) is 0 Å². The number of fused-ring (bicyclic) bond motifs is 1. The molecule has 142 valence electrons. The van der Waals surface area contributed by atoms with Crippen molar-refractivity contribution in [3.63, 3.8) is 0 Å². The molecule has 0 spiro atoms. The molecule has 29 heavy (non-hydrogen) atoms. The lowest BCUT2D eigenvalue weighted by Gasteiger charge is -2.08. The van der Waals surface area contributed by atoms with Gasteiger partial charge in [-0.05, 0) is 24.6 Å². The van der Waals surface area contributed by atoms with Gasteiger partial charge in [0, 0.05) is 11.3 Å². The second-order valence-corrected chi connectivity index (χ2v) is 7.58. The van der Waals surface area contributed by atoms with E-state index in [4.69, 9.17) is 11.5 Å². The molecule has 0 aliphatic heterocycles. The van der Waals surface area contributed by atoms with E-state index >= 15 is 0 Å². The minimum Gasteiger partial charge on any atom is -0.383 e. The van der Waals surface area contributed by atoms with Crippen LogP contribution in [-0.2, 0) is 0 Å². The van der Waals surface area contributed by atoms with Crippen LogP contribution in [0.5, 0.6) is 0 Å². The minimum absolute atomic E-state index is 0.0704. The predicted molar refractivity (Wildman–Crippen MR) is 117 cm³/mol. The fourth-order valence-electron chi connectivity index (χ4n) is 3.19. The first-order valence-electron chi connectivity index (χ1n) is 8.84. The van der Waals surface area contributed by atoms with Crippen molar-refractivity contribution in [3.05, 3.63) is 71.3 Å². The van der Waals surface area contributed by atoms with Gasteiger partial charge >= 0.3 is 0 Å². The maximum atomic E-state index is 12.3. The molecule has 4 aromatic rings. The molecular formula is C22H17N5OS. The second-order valence-electron chi connectivity index (χ2n) is 6.56. The van der Waals surface area contributed by atoms with Crippen molar-refractivity contribution >= 4 is 44.0 Å². The van der Waals surface area contributed by atoms with Crippen LogP contribution in [0.3, 0.4) is 0 Å². The standard InChI is InChI=1S/C22H17N5OS/c1-12-7-9-14(10-8-12)26-22-17(21(25)28)18-19(29-22)16(13-5-3-2-4-6-13)15(11-23)20(24)27-18/h2-10,26H,1H3,(H2,24,27)(H2,25,28). The number of benzene rings is 2. The Kier molecular flexibility index (Phi) is 4.63. The Labute approximate surface area is 171 Å². The molecule has 0 aliphatic carbocycles. The van der Waals surface area contributed by atoms with Crippen LogP contribution in [0.1, 0.15) is 21.5 Å². The summed E-state index contributed by atoms with van der Waals surface area (Å²) in [6.07, 6.45) is 0. The highest BCUT2D eigenvalue weighted by Gasteiger charge is 2.24. The molecule has 7 heteroatoms. The van der Waals surface area contributed by atoms with E-state index in [9.17, 15) is 10.1 Å². The van der Waals surface area contributed by atoms with E-state index in [-0.39, 0.29) is 16.9 Å². The molecule has 1 amide bonds. The third-order valence-corrected chi connectivity index (χ3v) is 5.69. The van der Waals surface area contributed by atoms with Crippen LogP contribution in [0.25, 0.3) is 21.3 Å². The summed E-state index contributed by atoms with van der Waals surface area (Å²) in [7, 11) is 0. The van der Waals surface area contributed by atoms with Gasteiger partial charge in [0.05, 0.1) is 10.2 Å². The number of nitrogens with zero attached hydrogens (tertiary/aromatic N) is 2. The molecule has 4 rings (SSSR count). The lowest BCUT2D eigenvalue weighted by molar-refractivity contribution is 0.100. The van der Waals surface area contributed by atoms with Gasteiger partial charge in [-0.1, -0.05) is 48.0 Å². The van der Waals surface area contributed by atoms with Gasteiger partial charge in [-0.25, -0.2) is 4.98 Å². The lowest BCUT2D eigenvalue weighted by atomic mass is 10.00. The van der Waals surface area contributed by atoms with Gasteiger partial charge in [-0.2, -0.15) is 5.26 Å². The van der Waals surface area contributed by atoms with E-state index < -0.39 is 5.91 Å². The zero-order chi connectivity index (χ0) is 20.5. The third kappa shape index (κ3) is 3.26. The number of nitrogen functional groups attached to an aromatic ring is 1. The van der Waals surface area contributed by atoms with E-state index in [1.54, 1.807) is 0 Å². The summed E-state index contributed by atoms with van der Waals surface area (Å²) in [6.45, 7) is 2.00. The minimum atomic E-state index is -0.610. The topological polar surface area (TPSA) is 118 Å². The van der Waals surface area contributed by atoms with E-state index in [2.05, 4.69) is 16.4 Å². The number of primary amides is 1. The summed E-state index contributed by atoms with van der Waals surface area (Å²) in [5, 5.41) is 13.5. The lowest BCUT2D eigenvalue weighted by Crippen LogP contribution is -2.13. The Morgan fingerprint density at radius 2 is 1.83 bits per heavy atom. The van der Waals surface area contributed by atoms with Crippen LogP contribution in [0.2, 0.25) is 0 Å². The predicted octanol–water partition coefficient (Wildman–Crippen LogP) is 4.57. The molecule has 2 aromatic carbocycles. The molecule has 5 N–H and O–H groups in total. The van der Waals surface area contributed by atoms with Gasteiger partial charge < -0.3 is 16.8 Å². The first-order chi connectivity index (χ1) is 14.0. The number of thiophene rings is 1. The highest BCUT2D eigenvalue weighted by molar-refractivity contribution is 7.24. The fraction of sp³-hybridized carbons (Fsp3) is 0.0455. The number of aromatic nitrogens is 1. The quantitative estimate of drug-likeness (QED) is 0.465. The molecule has 2 aromatic heterocycles. The van der Waals surface area contributed by atoms with E-state index in [1.165, 1.54) is 11.3 Å². The third-order valence-electron chi connectivity index (χ3n) is 4.58. The molecule has 0 bridgehead atoms. The Balaban J connectivity index is 2.01. The van der Waals surface area contributed by atoms with Crippen LogP contribution in [0, 0.1) is 18.3 Å². The van der Waals surface area contributed by atoms with Crippen molar-refractivity contribution in [2.24, 2.45) is 5.73 Å². The number of hydrogen-bond acceptors (Lipinski definition) is 6. The van der Waals surface area contributed by atoms with Crippen molar-refractivity contribution in [3.8, 4) is 17.2 Å². The molecule has 6 nitrogen and oxygen atoms in total. The molecule has 0 radical (unpaired) electrons. The zero-order valence-electron chi connectivity index (χ0n) is 15.6. The van der Waals surface area contributed by atoms with Crippen molar-refractivity contribution < 1.29 is 4.79 Å². The van der Waals surface area contributed by atoms with Crippen LogP contribution >= 0.6 is 11.3 Å². The maximum absolute atomic E-state index is 12.3. The normalized spacial score (nSPS) is 10.6. The molecule has 2 heterocycles. The summed E-state index contributed by atoms with van der Waals surface area (Å²) in [6, 6.07) is 19.4. The molecule has 0 fully saturated rings. The summed E-state index contributed by atoms with van der Waals surface area (Å²) >= 11 is 1.33. The number of anilines is 3. The van der Waals surface area contributed by atoms with Crippen LogP contribution < -0.4 is 16.8 Å². The molecule has 0 unspecified atom stereocenters. The average molecular weight is 399 g/mol. The summed E-state index contributed by atoms with van der Waals surface area (Å²) in [5.41, 5.74) is 16.1. The molecular weight excluding hydrogens is 382 g/mol. The first-order valence-corrected chi connectivity index (χ1v) is 9.66.